The first kappa shape index (κ1) is 21.3. The Morgan fingerprint density at radius 1 is 1.07 bits per heavy atom. The monoisotopic (exact) mass is 421 g/mol. The average molecular weight is 422 g/mol. The molecule has 0 unspecified atom stereocenters. The number of nitrogens with one attached hydrogen (secondary N) is 1. The van der Waals surface area contributed by atoms with Crippen molar-refractivity contribution in [1.82, 2.24) is 9.80 Å². The SMILES string of the molecule is COc1cc(NC(=O)CCN2CCSC2=O)c(C(=O)N2CCCCC2)cc1OC. The quantitative estimate of drug-likeness (QED) is 0.728. The number of ether oxygens (including phenoxy) is 2. The molecule has 2 saturated heterocycles. The summed E-state index contributed by atoms with van der Waals surface area (Å²) >= 11 is 1.27. The summed E-state index contributed by atoms with van der Waals surface area (Å²) in [7, 11) is 3.02. The molecule has 0 spiro atoms. The summed E-state index contributed by atoms with van der Waals surface area (Å²) in [6, 6.07) is 3.23. The van der Waals surface area contributed by atoms with Crippen LogP contribution in [0.2, 0.25) is 0 Å². The summed E-state index contributed by atoms with van der Waals surface area (Å²) in [6.45, 7) is 2.43. The molecule has 0 bridgehead atoms. The van der Waals surface area contributed by atoms with E-state index in [2.05, 4.69) is 5.32 Å². The normalized spacial score (nSPS) is 16.7. The van der Waals surface area contributed by atoms with Crippen molar-refractivity contribution in [3.8, 4) is 11.5 Å². The number of carbonyl (C=O) groups excluding carboxylic acids is 3. The van der Waals surface area contributed by atoms with Crippen LogP contribution in [0.3, 0.4) is 0 Å². The fraction of sp³-hybridized carbons (Fsp3) is 0.550. The first-order valence-corrected chi connectivity index (χ1v) is 10.8. The third kappa shape index (κ3) is 5.14. The predicted molar refractivity (Wildman–Crippen MR) is 112 cm³/mol. The minimum atomic E-state index is -0.255. The largest absolute Gasteiger partial charge is 0.493 e. The van der Waals surface area contributed by atoms with Gasteiger partial charge in [0.1, 0.15) is 0 Å². The summed E-state index contributed by atoms with van der Waals surface area (Å²) in [4.78, 5) is 40.8. The Kier molecular flexibility index (Phi) is 7.24. The Morgan fingerprint density at radius 3 is 2.38 bits per heavy atom. The van der Waals surface area contributed by atoms with E-state index in [9.17, 15) is 14.4 Å². The van der Waals surface area contributed by atoms with Crippen LogP contribution in [-0.2, 0) is 4.79 Å². The number of thioether (sulfide) groups is 1. The molecule has 2 aliphatic rings. The first-order chi connectivity index (χ1) is 14.0. The van der Waals surface area contributed by atoms with Crippen molar-refractivity contribution in [3.63, 3.8) is 0 Å². The molecule has 1 aromatic rings. The van der Waals surface area contributed by atoms with Crippen LogP contribution >= 0.6 is 11.8 Å². The van der Waals surface area contributed by atoms with E-state index in [1.165, 1.54) is 26.0 Å². The van der Waals surface area contributed by atoms with Crippen LogP contribution in [0.5, 0.6) is 11.5 Å². The van der Waals surface area contributed by atoms with Gasteiger partial charge in [0.2, 0.25) is 5.91 Å². The lowest BCUT2D eigenvalue weighted by atomic mass is 10.1. The molecule has 2 aliphatic heterocycles. The maximum absolute atomic E-state index is 13.1. The third-order valence-corrected chi connectivity index (χ3v) is 6.02. The zero-order valence-corrected chi connectivity index (χ0v) is 17.7. The van der Waals surface area contributed by atoms with Gasteiger partial charge in [-0.3, -0.25) is 14.4 Å². The molecule has 0 aromatic heterocycles. The molecule has 1 aromatic carbocycles. The predicted octanol–water partition coefficient (Wildman–Crippen LogP) is 2.83. The lowest BCUT2D eigenvalue weighted by Crippen LogP contribution is -2.36. The van der Waals surface area contributed by atoms with Crippen molar-refractivity contribution in [2.75, 3.05) is 51.5 Å². The average Bonchev–Trinajstić information content (AvgIpc) is 3.16. The van der Waals surface area contributed by atoms with Gasteiger partial charge in [-0.25, -0.2) is 0 Å². The fourth-order valence-electron chi connectivity index (χ4n) is 3.50. The van der Waals surface area contributed by atoms with Crippen molar-refractivity contribution in [2.24, 2.45) is 0 Å². The Hall–Kier alpha value is -2.42. The maximum Gasteiger partial charge on any atom is 0.281 e. The zero-order chi connectivity index (χ0) is 20.8. The molecule has 0 atom stereocenters. The summed E-state index contributed by atoms with van der Waals surface area (Å²) in [5.41, 5.74) is 0.774. The van der Waals surface area contributed by atoms with Crippen molar-refractivity contribution >= 4 is 34.5 Å². The van der Waals surface area contributed by atoms with Gasteiger partial charge in [-0.1, -0.05) is 11.8 Å². The number of hydrogen-bond acceptors (Lipinski definition) is 6. The summed E-state index contributed by atoms with van der Waals surface area (Å²) < 4.78 is 10.7. The lowest BCUT2D eigenvalue weighted by Gasteiger charge is -2.28. The number of nitrogens with zero attached hydrogens (tertiary/aromatic N) is 2. The smallest absolute Gasteiger partial charge is 0.281 e. The minimum Gasteiger partial charge on any atom is -0.493 e. The molecule has 0 aliphatic carbocycles. The van der Waals surface area contributed by atoms with Gasteiger partial charge < -0.3 is 24.6 Å². The standard InChI is InChI=1S/C20H27N3O5S/c1-27-16-12-14(19(25)22-7-4-3-5-8-22)15(13-17(16)28-2)21-18(24)6-9-23-10-11-29-20(23)26/h12-13H,3-11H2,1-2H3,(H,21,24). The maximum atomic E-state index is 13.1. The van der Waals surface area contributed by atoms with Gasteiger partial charge in [0.15, 0.2) is 11.5 Å². The number of carbonyl (C=O) groups is 3. The topological polar surface area (TPSA) is 88.2 Å². The van der Waals surface area contributed by atoms with Crippen molar-refractivity contribution < 1.29 is 23.9 Å². The highest BCUT2D eigenvalue weighted by atomic mass is 32.2. The van der Waals surface area contributed by atoms with Crippen LogP contribution in [-0.4, -0.2) is 73.0 Å². The third-order valence-electron chi connectivity index (χ3n) is 5.13. The Balaban J connectivity index is 1.78. The van der Waals surface area contributed by atoms with Crippen molar-refractivity contribution in [1.29, 1.82) is 0 Å². The lowest BCUT2D eigenvalue weighted by molar-refractivity contribution is -0.116. The Bertz CT molecular complexity index is 780. The van der Waals surface area contributed by atoms with Gasteiger partial charge in [-0.05, 0) is 25.3 Å². The van der Waals surface area contributed by atoms with E-state index < -0.39 is 0 Å². The van der Waals surface area contributed by atoms with Crippen LogP contribution in [0.25, 0.3) is 0 Å². The Labute approximate surface area is 174 Å². The van der Waals surface area contributed by atoms with Gasteiger partial charge in [0.05, 0.1) is 25.5 Å². The number of methoxy groups -OCH3 is 2. The number of hydrogen-bond donors (Lipinski definition) is 1. The van der Waals surface area contributed by atoms with Gasteiger partial charge in [-0.15, -0.1) is 0 Å². The molecule has 8 nitrogen and oxygen atoms in total. The van der Waals surface area contributed by atoms with E-state index >= 15 is 0 Å². The van der Waals surface area contributed by atoms with E-state index in [1.807, 2.05) is 0 Å². The highest BCUT2D eigenvalue weighted by Crippen LogP contribution is 2.34. The molecule has 2 fully saturated rings. The molecule has 158 valence electrons. The molecule has 0 saturated carbocycles. The molecule has 2 heterocycles. The Morgan fingerprint density at radius 2 is 1.76 bits per heavy atom. The van der Waals surface area contributed by atoms with Crippen LogP contribution in [0.1, 0.15) is 36.0 Å². The molecular formula is C20H27N3O5S. The fourth-order valence-corrected chi connectivity index (χ4v) is 4.36. The van der Waals surface area contributed by atoms with Gasteiger partial charge in [-0.2, -0.15) is 0 Å². The van der Waals surface area contributed by atoms with Crippen molar-refractivity contribution in [2.45, 2.75) is 25.7 Å². The zero-order valence-electron chi connectivity index (χ0n) is 16.9. The first-order valence-electron chi connectivity index (χ1n) is 9.80. The van der Waals surface area contributed by atoms with Crippen LogP contribution in [0.4, 0.5) is 10.5 Å². The molecular weight excluding hydrogens is 394 g/mol. The number of benzene rings is 1. The van der Waals surface area contributed by atoms with E-state index in [4.69, 9.17) is 9.47 Å². The number of piperidine rings is 1. The second kappa shape index (κ2) is 9.87. The second-order valence-electron chi connectivity index (χ2n) is 7.01. The molecule has 9 heteroatoms. The van der Waals surface area contributed by atoms with E-state index in [-0.39, 0.29) is 23.5 Å². The number of likely N-dealkylation sites (tertiary alicyclic amines) is 1. The van der Waals surface area contributed by atoms with Crippen LogP contribution < -0.4 is 14.8 Å². The van der Waals surface area contributed by atoms with E-state index in [1.54, 1.807) is 21.9 Å². The van der Waals surface area contributed by atoms with E-state index in [0.717, 1.165) is 25.0 Å². The van der Waals surface area contributed by atoms with Gasteiger partial charge >= 0.3 is 0 Å². The molecule has 3 rings (SSSR count). The van der Waals surface area contributed by atoms with Crippen molar-refractivity contribution in [3.05, 3.63) is 17.7 Å². The van der Waals surface area contributed by atoms with Crippen LogP contribution in [0.15, 0.2) is 12.1 Å². The molecule has 29 heavy (non-hydrogen) atoms. The van der Waals surface area contributed by atoms with E-state index in [0.29, 0.717) is 48.9 Å². The second-order valence-corrected chi connectivity index (χ2v) is 8.05. The molecule has 1 N–H and O–H groups in total. The number of rotatable bonds is 7. The highest BCUT2D eigenvalue weighted by Gasteiger charge is 2.25. The summed E-state index contributed by atoms with van der Waals surface area (Å²) in [5.74, 6) is 1.24. The molecule has 3 amide bonds. The van der Waals surface area contributed by atoms with Gasteiger partial charge in [0, 0.05) is 44.4 Å². The number of amides is 3. The highest BCUT2D eigenvalue weighted by molar-refractivity contribution is 8.13. The summed E-state index contributed by atoms with van der Waals surface area (Å²) in [5, 5.41) is 2.83. The summed E-state index contributed by atoms with van der Waals surface area (Å²) in [6.07, 6.45) is 3.23. The minimum absolute atomic E-state index is 0.00452. The number of anilines is 1. The van der Waals surface area contributed by atoms with Gasteiger partial charge in [0.25, 0.3) is 11.1 Å². The molecule has 0 radical (unpaired) electrons. The van der Waals surface area contributed by atoms with Crippen LogP contribution in [0, 0.1) is 0 Å².